The molecule has 0 aliphatic carbocycles. The first-order valence-corrected chi connectivity index (χ1v) is 6.04. The molecule has 0 fully saturated rings. The minimum atomic E-state index is -0.307. The Morgan fingerprint density at radius 3 is 2.50 bits per heavy atom. The Morgan fingerprint density at radius 2 is 1.85 bits per heavy atom. The van der Waals surface area contributed by atoms with Gasteiger partial charge in [0.2, 0.25) is 0 Å². The molecule has 0 bridgehead atoms. The highest BCUT2D eigenvalue weighted by Crippen LogP contribution is 2.24. The van der Waals surface area contributed by atoms with Gasteiger partial charge in [0.05, 0.1) is 7.11 Å². The Bertz CT molecular complexity index is 581. The van der Waals surface area contributed by atoms with Crippen LogP contribution in [0.3, 0.4) is 0 Å². The second kappa shape index (κ2) is 6.47. The van der Waals surface area contributed by atoms with Crippen molar-refractivity contribution in [1.82, 2.24) is 0 Å². The predicted octanol–water partition coefficient (Wildman–Crippen LogP) is 2.42. The number of hydrogen-bond donors (Lipinski definition) is 2. The number of phenolic OH excluding ortho intramolecular Hbond substituents is 1. The summed E-state index contributed by atoms with van der Waals surface area (Å²) in [5, 5.41) is 12.2. The van der Waals surface area contributed by atoms with Crippen LogP contribution in [0.15, 0.2) is 48.5 Å². The summed E-state index contributed by atoms with van der Waals surface area (Å²) in [6.45, 7) is -0.177. The van der Waals surface area contributed by atoms with Crippen molar-refractivity contribution in [1.29, 1.82) is 0 Å². The summed E-state index contributed by atoms with van der Waals surface area (Å²) in [5.41, 5.74) is 0.650. The number of ether oxygens (including phenoxy) is 2. The highest BCUT2D eigenvalue weighted by Gasteiger charge is 2.06. The first-order chi connectivity index (χ1) is 9.69. The van der Waals surface area contributed by atoms with Crippen molar-refractivity contribution in [2.24, 2.45) is 0 Å². The van der Waals surface area contributed by atoms with Crippen LogP contribution in [0.1, 0.15) is 0 Å². The summed E-state index contributed by atoms with van der Waals surface area (Å²) in [6.07, 6.45) is 0. The molecule has 0 aliphatic heterocycles. The summed E-state index contributed by atoms with van der Waals surface area (Å²) in [7, 11) is 1.58. The summed E-state index contributed by atoms with van der Waals surface area (Å²) < 4.78 is 10.3. The number of aromatic hydroxyl groups is 1. The van der Waals surface area contributed by atoms with E-state index in [0.717, 1.165) is 0 Å². The summed E-state index contributed by atoms with van der Waals surface area (Å²) in [5.74, 6) is 0.689. The van der Waals surface area contributed by atoms with Crippen LogP contribution in [-0.2, 0) is 4.79 Å². The van der Waals surface area contributed by atoms with E-state index in [0.29, 0.717) is 11.4 Å². The third-order valence-corrected chi connectivity index (χ3v) is 2.60. The highest BCUT2D eigenvalue weighted by molar-refractivity contribution is 5.91. The number of amides is 1. The van der Waals surface area contributed by atoms with E-state index in [1.165, 1.54) is 6.07 Å². The van der Waals surface area contributed by atoms with E-state index < -0.39 is 0 Å². The van der Waals surface area contributed by atoms with Gasteiger partial charge in [-0.2, -0.15) is 0 Å². The summed E-state index contributed by atoms with van der Waals surface area (Å²) >= 11 is 0. The molecular formula is C15H15NO4. The lowest BCUT2D eigenvalue weighted by atomic mass is 10.3. The predicted molar refractivity (Wildman–Crippen MR) is 75.2 cm³/mol. The standard InChI is InChI=1S/C15H15NO4/c1-19-12-8-6-11(7-9-12)16-15(18)10-20-14-5-3-2-4-13(14)17/h2-9,17H,10H2,1H3,(H,16,18). The number of nitrogens with one attached hydrogen (secondary N) is 1. The minimum Gasteiger partial charge on any atom is -0.504 e. The maximum Gasteiger partial charge on any atom is 0.262 e. The van der Waals surface area contributed by atoms with Gasteiger partial charge in [0.1, 0.15) is 5.75 Å². The molecule has 2 aromatic rings. The molecule has 2 rings (SSSR count). The van der Waals surface area contributed by atoms with Crippen LogP contribution in [0.5, 0.6) is 17.2 Å². The van der Waals surface area contributed by atoms with Crippen molar-refractivity contribution in [2.75, 3.05) is 19.0 Å². The number of anilines is 1. The van der Waals surface area contributed by atoms with Crippen molar-refractivity contribution < 1.29 is 19.4 Å². The van der Waals surface area contributed by atoms with Gasteiger partial charge >= 0.3 is 0 Å². The molecule has 20 heavy (non-hydrogen) atoms. The lowest BCUT2D eigenvalue weighted by molar-refractivity contribution is -0.118. The molecule has 5 heteroatoms. The van der Waals surface area contributed by atoms with Crippen LogP contribution in [-0.4, -0.2) is 24.7 Å². The van der Waals surface area contributed by atoms with Crippen LogP contribution in [0.2, 0.25) is 0 Å². The number of phenols is 1. The minimum absolute atomic E-state index is 0.00440. The summed E-state index contributed by atoms with van der Waals surface area (Å²) in [6, 6.07) is 13.5. The van der Waals surface area contributed by atoms with Gasteiger partial charge in [-0.15, -0.1) is 0 Å². The molecule has 0 heterocycles. The summed E-state index contributed by atoms with van der Waals surface area (Å²) in [4.78, 5) is 11.7. The van der Waals surface area contributed by atoms with Gasteiger partial charge in [0.15, 0.2) is 18.1 Å². The van der Waals surface area contributed by atoms with Crippen LogP contribution in [0, 0.1) is 0 Å². The van der Waals surface area contributed by atoms with Crippen molar-refractivity contribution in [2.45, 2.75) is 0 Å². The Hall–Kier alpha value is -2.69. The quantitative estimate of drug-likeness (QED) is 0.878. The Labute approximate surface area is 116 Å². The van der Waals surface area contributed by atoms with Gasteiger partial charge in [-0.05, 0) is 36.4 Å². The lowest BCUT2D eigenvalue weighted by Gasteiger charge is -2.09. The number of methoxy groups -OCH3 is 1. The normalized spacial score (nSPS) is 9.85. The molecule has 0 aromatic heterocycles. The second-order valence-electron chi connectivity index (χ2n) is 4.03. The molecule has 0 radical (unpaired) electrons. The molecule has 2 N–H and O–H groups in total. The fourth-order valence-corrected chi connectivity index (χ4v) is 1.59. The van der Waals surface area contributed by atoms with E-state index in [1.807, 2.05) is 0 Å². The molecule has 104 valence electrons. The van der Waals surface area contributed by atoms with Gasteiger partial charge in [-0.1, -0.05) is 12.1 Å². The number of carbonyl (C=O) groups is 1. The molecule has 0 aliphatic rings. The average molecular weight is 273 g/mol. The molecule has 2 aromatic carbocycles. The molecule has 0 saturated carbocycles. The van der Waals surface area contributed by atoms with Gasteiger partial charge in [-0.25, -0.2) is 0 Å². The maximum atomic E-state index is 11.7. The van der Waals surface area contributed by atoms with E-state index in [-0.39, 0.29) is 24.0 Å². The molecule has 5 nitrogen and oxygen atoms in total. The Morgan fingerprint density at radius 1 is 1.15 bits per heavy atom. The Balaban J connectivity index is 1.87. The third-order valence-electron chi connectivity index (χ3n) is 2.60. The number of hydrogen-bond acceptors (Lipinski definition) is 4. The van der Waals surface area contributed by atoms with Crippen LogP contribution in [0.4, 0.5) is 5.69 Å². The van der Waals surface area contributed by atoms with Crippen LogP contribution in [0.25, 0.3) is 0 Å². The zero-order valence-electron chi connectivity index (χ0n) is 11.0. The van der Waals surface area contributed by atoms with Gasteiger partial charge in [-0.3, -0.25) is 4.79 Å². The van der Waals surface area contributed by atoms with Crippen LogP contribution >= 0.6 is 0 Å². The van der Waals surface area contributed by atoms with E-state index in [4.69, 9.17) is 9.47 Å². The van der Waals surface area contributed by atoms with Crippen molar-refractivity contribution >= 4 is 11.6 Å². The van der Waals surface area contributed by atoms with Crippen LogP contribution < -0.4 is 14.8 Å². The van der Waals surface area contributed by atoms with Crippen molar-refractivity contribution in [3.63, 3.8) is 0 Å². The molecule has 0 atom stereocenters. The first-order valence-electron chi connectivity index (χ1n) is 6.04. The Kier molecular flexibility index (Phi) is 4.44. The van der Waals surface area contributed by atoms with Gasteiger partial charge < -0.3 is 19.9 Å². The monoisotopic (exact) mass is 273 g/mol. The number of benzene rings is 2. The zero-order chi connectivity index (χ0) is 14.4. The van der Waals surface area contributed by atoms with E-state index in [1.54, 1.807) is 49.6 Å². The van der Waals surface area contributed by atoms with E-state index in [2.05, 4.69) is 5.32 Å². The van der Waals surface area contributed by atoms with Gasteiger partial charge in [0.25, 0.3) is 5.91 Å². The fraction of sp³-hybridized carbons (Fsp3) is 0.133. The SMILES string of the molecule is COc1ccc(NC(=O)COc2ccccc2O)cc1. The second-order valence-corrected chi connectivity index (χ2v) is 4.03. The molecule has 0 saturated heterocycles. The molecular weight excluding hydrogens is 258 g/mol. The molecule has 1 amide bonds. The van der Waals surface area contributed by atoms with Crippen molar-refractivity contribution in [3.05, 3.63) is 48.5 Å². The lowest BCUT2D eigenvalue weighted by Crippen LogP contribution is -2.20. The largest absolute Gasteiger partial charge is 0.504 e. The van der Waals surface area contributed by atoms with E-state index >= 15 is 0 Å². The average Bonchev–Trinajstić information content (AvgIpc) is 2.47. The highest BCUT2D eigenvalue weighted by atomic mass is 16.5. The number of carbonyl (C=O) groups excluding carboxylic acids is 1. The topological polar surface area (TPSA) is 67.8 Å². The number of para-hydroxylation sites is 2. The van der Waals surface area contributed by atoms with Crippen molar-refractivity contribution in [3.8, 4) is 17.2 Å². The smallest absolute Gasteiger partial charge is 0.262 e. The number of rotatable bonds is 5. The molecule has 0 unspecified atom stereocenters. The maximum absolute atomic E-state index is 11.7. The van der Waals surface area contributed by atoms with Gasteiger partial charge in [0, 0.05) is 5.69 Å². The third kappa shape index (κ3) is 3.65. The molecule has 0 spiro atoms. The zero-order valence-corrected chi connectivity index (χ0v) is 11.0. The fourth-order valence-electron chi connectivity index (χ4n) is 1.59. The first kappa shape index (κ1) is 13.7. The van der Waals surface area contributed by atoms with E-state index in [9.17, 15) is 9.90 Å².